The smallest absolute Gasteiger partial charge is 0.411 e. The van der Waals surface area contributed by atoms with Gasteiger partial charge in [-0.15, -0.1) is 0 Å². The van der Waals surface area contributed by atoms with Gasteiger partial charge in [-0.05, 0) is 111 Å². The van der Waals surface area contributed by atoms with Crippen molar-refractivity contribution in [1.82, 2.24) is 9.80 Å². The predicted molar refractivity (Wildman–Crippen MR) is 219 cm³/mol. The number of anilines is 2. The number of carbonyl (C=O) groups is 4. The molecule has 0 aliphatic carbocycles. The second kappa shape index (κ2) is 16.5. The van der Waals surface area contributed by atoms with Crippen molar-refractivity contribution in [1.29, 1.82) is 0 Å². The second-order valence-corrected chi connectivity index (χ2v) is 16.5. The average Bonchev–Trinajstić information content (AvgIpc) is 3.82. The van der Waals surface area contributed by atoms with Crippen molar-refractivity contribution in [2.45, 2.75) is 77.5 Å². The van der Waals surface area contributed by atoms with Crippen LogP contribution in [0, 0.1) is 11.8 Å². The Morgan fingerprint density at radius 3 is 2.13 bits per heavy atom. The highest BCUT2D eigenvalue weighted by atomic mass is 35.5. The molecular formula is C44H48Cl2N4O5. The van der Waals surface area contributed by atoms with E-state index >= 15 is 9.59 Å². The van der Waals surface area contributed by atoms with Crippen LogP contribution in [0.25, 0.3) is 22.3 Å². The molecular weight excluding hydrogens is 735 g/mol. The van der Waals surface area contributed by atoms with E-state index in [1.807, 2.05) is 98.8 Å². The summed E-state index contributed by atoms with van der Waals surface area (Å²) in [6.45, 7) is 9.59. The standard InChI is InChI=1S/C44H48Cl2N4O5/c1-28(2)38(40(52)49-24-10-16-37(49)39(51)47-34-15-9-14-31(26-34)30-17-20-33(45)21-18-30)44(23-11-25-50(44)42(54)55-43(3,4)5)41(53)48-36-27-32(19-22-35(36)46)29-12-7-6-8-13-29/h6-9,12-15,17-22,26-28,37-38H,10-11,16,23-25H2,1-5H3,(H,47,51)(H,48,53). The summed E-state index contributed by atoms with van der Waals surface area (Å²) in [6, 6.07) is 29.3. The lowest BCUT2D eigenvalue weighted by Gasteiger charge is -2.45. The quantitative estimate of drug-likeness (QED) is 0.176. The van der Waals surface area contributed by atoms with Crippen molar-refractivity contribution in [2.24, 2.45) is 11.8 Å². The zero-order valence-electron chi connectivity index (χ0n) is 31.9. The Hall–Kier alpha value is -4.86. The van der Waals surface area contributed by atoms with Crippen LogP contribution in [0.1, 0.15) is 60.3 Å². The van der Waals surface area contributed by atoms with E-state index in [4.69, 9.17) is 27.9 Å². The van der Waals surface area contributed by atoms with Crippen molar-refractivity contribution < 1.29 is 23.9 Å². The normalized spacial score (nSPS) is 18.9. The van der Waals surface area contributed by atoms with Gasteiger partial charge in [0.25, 0.3) is 5.91 Å². The van der Waals surface area contributed by atoms with E-state index in [0.717, 1.165) is 22.3 Å². The van der Waals surface area contributed by atoms with Gasteiger partial charge in [0.2, 0.25) is 11.8 Å². The molecule has 3 unspecified atom stereocenters. The molecule has 0 bridgehead atoms. The van der Waals surface area contributed by atoms with E-state index in [2.05, 4.69) is 10.6 Å². The van der Waals surface area contributed by atoms with Crippen molar-refractivity contribution in [3.05, 3.63) is 107 Å². The van der Waals surface area contributed by atoms with Gasteiger partial charge >= 0.3 is 6.09 Å². The lowest BCUT2D eigenvalue weighted by Crippen LogP contribution is -2.65. The van der Waals surface area contributed by atoms with Gasteiger partial charge in [-0.2, -0.15) is 0 Å². The Balaban J connectivity index is 1.33. The van der Waals surface area contributed by atoms with Crippen molar-refractivity contribution in [2.75, 3.05) is 23.7 Å². The largest absolute Gasteiger partial charge is 0.444 e. The van der Waals surface area contributed by atoms with Gasteiger partial charge in [0.15, 0.2) is 0 Å². The molecule has 0 radical (unpaired) electrons. The van der Waals surface area contributed by atoms with Gasteiger partial charge in [-0.25, -0.2) is 4.79 Å². The van der Waals surface area contributed by atoms with E-state index in [-0.39, 0.29) is 24.8 Å². The van der Waals surface area contributed by atoms with Gasteiger partial charge < -0.3 is 20.3 Å². The minimum atomic E-state index is -1.64. The molecule has 2 N–H and O–H groups in total. The first-order valence-corrected chi connectivity index (χ1v) is 19.6. The Morgan fingerprint density at radius 2 is 1.44 bits per heavy atom. The predicted octanol–water partition coefficient (Wildman–Crippen LogP) is 9.94. The second-order valence-electron chi connectivity index (χ2n) is 15.7. The van der Waals surface area contributed by atoms with Gasteiger partial charge in [0, 0.05) is 23.8 Å². The molecule has 0 saturated carbocycles. The van der Waals surface area contributed by atoms with Crippen LogP contribution in [0.15, 0.2) is 97.1 Å². The van der Waals surface area contributed by atoms with E-state index in [1.54, 1.807) is 37.8 Å². The number of hydrogen-bond acceptors (Lipinski definition) is 5. The van der Waals surface area contributed by atoms with Crippen LogP contribution in [-0.4, -0.2) is 63.9 Å². The number of nitrogens with one attached hydrogen (secondary N) is 2. The molecule has 4 aromatic carbocycles. The highest BCUT2D eigenvalue weighted by Crippen LogP contribution is 2.44. The van der Waals surface area contributed by atoms with E-state index < -0.39 is 41.0 Å². The molecule has 11 heteroatoms. The Bertz CT molecular complexity index is 2050. The number of hydrogen-bond donors (Lipinski definition) is 2. The molecule has 4 aromatic rings. The van der Waals surface area contributed by atoms with Crippen molar-refractivity contribution >= 4 is 58.4 Å². The Kier molecular flexibility index (Phi) is 11.9. The fraction of sp³-hybridized carbons (Fsp3) is 0.364. The number of nitrogens with zero attached hydrogens (tertiary/aromatic N) is 2. The zero-order valence-corrected chi connectivity index (χ0v) is 33.4. The minimum absolute atomic E-state index is 0.213. The molecule has 2 saturated heterocycles. The topological polar surface area (TPSA) is 108 Å². The number of ether oxygens (including phenoxy) is 1. The Labute approximate surface area is 333 Å². The lowest BCUT2D eigenvalue weighted by atomic mass is 9.73. The summed E-state index contributed by atoms with van der Waals surface area (Å²) >= 11 is 12.8. The molecule has 4 amide bonds. The van der Waals surface area contributed by atoms with E-state index in [9.17, 15) is 9.59 Å². The van der Waals surface area contributed by atoms with Crippen LogP contribution in [0.3, 0.4) is 0 Å². The summed E-state index contributed by atoms with van der Waals surface area (Å²) in [7, 11) is 0. The molecule has 2 aliphatic heterocycles. The highest BCUT2D eigenvalue weighted by Gasteiger charge is 2.60. The SMILES string of the molecule is CC(C)C(C(=O)N1CCCC1C(=O)Nc1cccc(-c2ccc(Cl)cc2)c1)C1(C(=O)Nc2cc(-c3ccccc3)ccc2Cl)CCCN1C(=O)OC(C)(C)C. The lowest BCUT2D eigenvalue weighted by molar-refractivity contribution is -0.151. The fourth-order valence-electron chi connectivity index (χ4n) is 7.94. The average molecular weight is 784 g/mol. The first-order chi connectivity index (χ1) is 26.2. The number of likely N-dealkylation sites (tertiary alicyclic amines) is 2. The summed E-state index contributed by atoms with van der Waals surface area (Å²) < 4.78 is 5.87. The third-order valence-electron chi connectivity index (χ3n) is 10.3. The van der Waals surface area contributed by atoms with Gasteiger partial charge in [-0.3, -0.25) is 19.3 Å². The molecule has 0 spiro atoms. The monoisotopic (exact) mass is 782 g/mol. The third kappa shape index (κ3) is 8.68. The molecule has 9 nitrogen and oxygen atoms in total. The maximum Gasteiger partial charge on any atom is 0.411 e. The molecule has 0 aromatic heterocycles. The number of halogens is 2. The summed E-state index contributed by atoms with van der Waals surface area (Å²) in [5.41, 5.74) is 2.08. The number of amides is 4. The summed E-state index contributed by atoms with van der Waals surface area (Å²) in [5, 5.41) is 7.02. The molecule has 6 rings (SSSR count). The minimum Gasteiger partial charge on any atom is -0.444 e. The number of benzene rings is 4. The molecule has 2 fully saturated rings. The van der Waals surface area contributed by atoms with Crippen molar-refractivity contribution in [3.63, 3.8) is 0 Å². The maximum atomic E-state index is 15.1. The molecule has 2 aliphatic rings. The molecule has 2 heterocycles. The number of rotatable bonds is 9. The van der Waals surface area contributed by atoms with Gasteiger partial charge in [0.1, 0.15) is 17.2 Å². The summed E-state index contributed by atoms with van der Waals surface area (Å²) in [6.07, 6.45) is 1.06. The Morgan fingerprint density at radius 1 is 0.782 bits per heavy atom. The van der Waals surface area contributed by atoms with Crippen LogP contribution in [0.4, 0.5) is 16.2 Å². The molecule has 288 valence electrons. The van der Waals surface area contributed by atoms with Crippen LogP contribution < -0.4 is 10.6 Å². The zero-order chi connectivity index (χ0) is 39.5. The van der Waals surface area contributed by atoms with Crippen LogP contribution in [0.2, 0.25) is 10.0 Å². The van der Waals surface area contributed by atoms with Gasteiger partial charge in [-0.1, -0.05) is 97.7 Å². The molecule has 3 atom stereocenters. The van der Waals surface area contributed by atoms with Crippen LogP contribution >= 0.6 is 23.2 Å². The third-order valence-corrected chi connectivity index (χ3v) is 10.9. The fourth-order valence-corrected chi connectivity index (χ4v) is 8.23. The van der Waals surface area contributed by atoms with E-state index in [1.165, 1.54) is 4.90 Å². The van der Waals surface area contributed by atoms with Crippen molar-refractivity contribution in [3.8, 4) is 22.3 Å². The first kappa shape index (κ1) is 39.8. The maximum absolute atomic E-state index is 15.1. The first-order valence-electron chi connectivity index (χ1n) is 18.8. The summed E-state index contributed by atoms with van der Waals surface area (Å²) in [4.78, 5) is 61.2. The van der Waals surface area contributed by atoms with E-state index in [0.29, 0.717) is 47.2 Å². The van der Waals surface area contributed by atoms with Crippen LogP contribution in [-0.2, 0) is 19.1 Å². The van der Waals surface area contributed by atoms with Gasteiger partial charge in [0.05, 0.1) is 16.6 Å². The highest BCUT2D eigenvalue weighted by molar-refractivity contribution is 6.34. The summed E-state index contributed by atoms with van der Waals surface area (Å²) in [5.74, 6) is -2.64. The molecule has 55 heavy (non-hydrogen) atoms. The van der Waals surface area contributed by atoms with Crippen LogP contribution in [0.5, 0.6) is 0 Å². The number of carbonyl (C=O) groups excluding carboxylic acids is 4.